The number of carbonyl (C=O) groups excluding carboxylic acids is 2. The third-order valence-corrected chi connectivity index (χ3v) is 2.55. The van der Waals surface area contributed by atoms with E-state index in [4.69, 9.17) is 0 Å². The molecule has 0 saturated carbocycles. The van der Waals surface area contributed by atoms with Gasteiger partial charge >= 0.3 is 0 Å². The highest BCUT2D eigenvalue weighted by Gasteiger charge is 2.05. The van der Waals surface area contributed by atoms with Crippen molar-refractivity contribution >= 4 is 12.2 Å². The third-order valence-electron chi connectivity index (χ3n) is 2.55. The van der Waals surface area contributed by atoms with Crippen LogP contribution in [-0.2, 0) is 16.0 Å². The molecule has 3 nitrogen and oxygen atoms in total. The summed E-state index contributed by atoms with van der Waals surface area (Å²) in [6.07, 6.45) is 4.07. The van der Waals surface area contributed by atoms with Crippen molar-refractivity contribution in [2.24, 2.45) is 0 Å². The molecular formula is C14H19NO2. The smallest absolute Gasteiger partial charge is 0.220 e. The van der Waals surface area contributed by atoms with Crippen molar-refractivity contribution in [3.8, 4) is 0 Å². The number of aldehydes is 1. The normalized spacial score (nSPS) is 11.8. The van der Waals surface area contributed by atoms with Gasteiger partial charge in [0.05, 0.1) is 6.04 Å². The van der Waals surface area contributed by atoms with Crippen molar-refractivity contribution in [2.45, 2.75) is 38.6 Å². The standard InChI is InChI=1S/C14H19NO2/c1-12(11-16)15-14(17)10-6-5-9-13-7-3-2-4-8-13/h2-4,7-8,11-12H,5-6,9-10H2,1H3,(H,15,17)/t12-/m0/s1. The number of benzene rings is 1. The largest absolute Gasteiger partial charge is 0.347 e. The van der Waals surface area contributed by atoms with E-state index in [0.29, 0.717) is 6.42 Å². The Morgan fingerprint density at radius 1 is 1.29 bits per heavy atom. The minimum atomic E-state index is -0.378. The molecule has 0 aliphatic rings. The number of carbonyl (C=O) groups is 2. The topological polar surface area (TPSA) is 46.2 Å². The number of nitrogens with one attached hydrogen (secondary N) is 1. The first-order valence-electron chi connectivity index (χ1n) is 6.01. The van der Waals surface area contributed by atoms with Gasteiger partial charge < -0.3 is 10.1 Å². The second-order valence-corrected chi connectivity index (χ2v) is 4.18. The van der Waals surface area contributed by atoms with E-state index >= 15 is 0 Å². The van der Waals surface area contributed by atoms with Crippen LogP contribution in [0.25, 0.3) is 0 Å². The van der Waals surface area contributed by atoms with Gasteiger partial charge in [-0.2, -0.15) is 0 Å². The number of rotatable bonds is 7. The molecule has 1 amide bonds. The number of unbranched alkanes of at least 4 members (excludes halogenated alkanes) is 1. The van der Waals surface area contributed by atoms with E-state index < -0.39 is 0 Å². The van der Waals surface area contributed by atoms with E-state index in [-0.39, 0.29) is 11.9 Å². The zero-order chi connectivity index (χ0) is 12.5. The molecule has 0 saturated heterocycles. The number of hydrogen-bond acceptors (Lipinski definition) is 2. The summed E-state index contributed by atoms with van der Waals surface area (Å²) >= 11 is 0. The molecule has 1 aromatic carbocycles. The van der Waals surface area contributed by atoms with Crippen LogP contribution in [0.5, 0.6) is 0 Å². The molecule has 0 radical (unpaired) electrons. The first-order valence-corrected chi connectivity index (χ1v) is 6.01. The van der Waals surface area contributed by atoms with Crippen molar-refractivity contribution < 1.29 is 9.59 Å². The van der Waals surface area contributed by atoms with Gasteiger partial charge in [0.25, 0.3) is 0 Å². The minimum absolute atomic E-state index is 0.0438. The number of aryl methyl sites for hydroxylation is 1. The average molecular weight is 233 g/mol. The first-order chi connectivity index (χ1) is 8.22. The van der Waals surface area contributed by atoms with E-state index in [2.05, 4.69) is 17.4 Å². The van der Waals surface area contributed by atoms with Crippen LogP contribution in [0.3, 0.4) is 0 Å². The number of hydrogen-bond donors (Lipinski definition) is 1. The van der Waals surface area contributed by atoms with Gasteiger partial charge in [0.1, 0.15) is 6.29 Å². The second-order valence-electron chi connectivity index (χ2n) is 4.18. The molecule has 0 heterocycles. The zero-order valence-corrected chi connectivity index (χ0v) is 10.2. The Balaban J connectivity index is 2.12. The van der Waals surface area contributed by atoms with Crippen LogP contribution < -0.4 is 5.32 Å². The van der Waals surface area contributed by atoms with E-state index in [1.165, 1.54) is 5.56 Å². The minimum Gasteiger partial charge on any atom is -0.347 e. The Morgan fingerprint density at radius 2 is 2.00 bits per heavy atom. The van der Waals surface area contributed by atoms with E-state index in [9.17, 15) is 9.59 Å². The summed E-state index contributed by atoms with van der Waals surface area (Å²) in [6.45, 7) is 1.68. The highest BCUT2D eigenvalue weighted by molar-refractivity contribution is 5.79. The van der Waals surface area contributed by atoms with E-state index in [1.54, 1.807) is 6.92 Å². The fraction of sp³-hybridized carbons (Fsp3) is 0.429. The molecular weight excluding hydrogens is 214 g/mol. The summed E-state index contributed by atoms with van der Waals surface area (Å²) in [7, 11) is 0. The molecule has 3 heteroatoms. The van der Waals surface area contributed by atoms with Crippen LogP contribution in [0, 0.1) is 0 Å². The lowest BCUT2D eigenvalue weighted by molar-refractivity contribution is -0.123. The van der Waals surface area contributed by atoms with Gasteiger partial charge in [0.2, 0.25) is 5.91 Å². The van der Waals surface area contributed by atoms with Crippen molar-refractivity contribution in [3.05, 3.63) is 35.9 Å². The number of amides is 1. The highest BCUT2D eigenvalue weighted by Crippen LogP contribution is 2.06. The molecule has 1 atom stereocenters. The van der Waals surface area contributed by atoms with Crippen LogP contribution in [-0.4, -0.2) is 18.2 Å². The Kier molecular flexibility index (Phi) is 6.00. The van der Waals surface area contributed by atoms with Gasteiger partial charge in [-0.25, -0.2) is 0 Å². The maximum Gasteiger partial charge on any atom is 0.220 e. The predicted molar refractivity (Wildman–Crippen MR) is 67.7 cm³/mol. The van der Waals surface area contributed by atoms with Crippen molar-refractivity contribution in [3.63, 3.8) is 0 Å². The summed E-state index contributed by atoms with van der Waals surface area (Å²) in [5, 5.41) is 2.62. The summed E-state index contributed by atoms with van der Waals surface area (Å²) < 4.78 is 0. The predicted octanol–water partition coefficient (Wildman–Crippen LogP) is 2.10. The van der Waals surface area contributed by atoms with Crippen molar-refractivity contribution in [1.82, 2.24) is 5.32 Å². The zero-order valence-electron chi connectivity index (χ0n) is 10.2. The third kappa shape index (κ3) is 5.85. The van der Waals surface area contributed by atoms with E-state index in [0.717, 1.165) is 25.5 Å². The van der Waals surface area contributed by atoms with Gasteiger partial charge in [0, 0.05) is 6.42 Å². The van der Waals surface area contributed by atoms with Crippen LogP contribution in [0.15, 0.2) is 30.3 Å². The Bertz CT molecular complexity index is 348. The van der Waals surface area contributed by atoms with Crippen LogP contribution >= 0.6 is 0 Å². The molecule has 0 aromatic heterocycles. The molecule has 92 valence electrons. The maximum absolute atomic E-state index is 11.4. The van der Waals surface area contributed by atoms with Gasteiger partial charge in [-0.3, -0.25) is 4.79 Å². The van der Waals surface area contributed by atoms with Gasteiger partial charge in [-0.1, -0.05) is 30.3 Å². The fourth-order valence-electron chi connectivity index (χ4n) is 1.62. The molecule has 1 aromatic rings. The Hall–Kier alpha value is -1.64. The van der Waals surface area contributed by atoms with E-state index in [1.807, 2.05) is 18.2 Å². The summed E-state index contributed by atoms with van der Waals surface area (Å²) in [5.41, 5.74) is 1.30. The van der Waals surface area contributed by atoms with Crippen molar-refractivity contribution in [1.29, 1.82) is 0 Å². The van der Waals surface area contributed by atoms with Crippen LogP contribution in [0.1, 0.15) is 31.7 Å². The Labute approximate surface area is 102 Å². The Morgan fingerprint density at radius 3 is 2.65 bits per heavy atom. The second kappa shape index (κ2) is 7.60. The summed E-state index contributed by atoms with van der Waals surface area (Å²) in [5.74, 6) is -0.0438. The first kappa shape index (κ1) is 13.4. The molecule has 1 N–H and O–H groups in total. The van der Waals surface area contributed by atoms with Gasteiger partial charge in [0.15, 0.2) is 0 Å². The lowest BCUT2D eigenvalue weighted by Gasteiger charge is -2.07. The van der Waals surface area contributed by atoms with Crippen molar-refractivity contribution in [2.75, 3.05) is 0 Å². The fourth-order valence-corrected chi connectivity index (χ4v) is 1.62. The van der Waals surface area contributed by atoms with Crippen LogP contribution in [0.4, 0.5) is 0 Å². The molecule has 0 aliphatic carbocycles. The quantitative estimate of drug-likeness (QED) is 0.579. The monoisotopic (exact) mass is 233 g/mol. The maximum atomic E-state index is 11.4. The average Bonchev–Trinajstić information content (AvgIpc) is 2.36. The lowest BCUT2D eigenvalue weighted by Crippen LogP contribution is -2.33. The molecule has 0 bridgehead atoms. The summed E-state index contributed by atoms with van der Waals surface area (Å²) in [4.78, 5) is 21.7. The highest BCUT2D eigenvalue weighted by atomic mass is 16.2. The molecule has 0 unspecified atom stereocenters. The SMILES string of the molecule is C[C@@H](C=O)NC(=O)CCCCc1ccccc1. The molecule has 17 heavy (non-hydrogen) atoms. The molecule has 0 spiro atoms. The van der Waals surface area contributed by atoms with Crippen LogP contribution in [0.2, 0.25) is 0 Å². The molecule has 0 fully saturated rings. The molecule has 0 aliphatic heterocycles. The summed E-state index contributed by atoms with van der Waals surface area (Å²) in [6, 6.07) is 9.85. The van der Waals surface area contributed by atoms with Gasteiger partial charge in [-0.15, -0.1) is 0 Å². The van der Waals surface area contributed by atoms with Gasteiger partial charge in [-0.05, 0) is 31.7 Å². The molecule has 1 rings (SSSR count). The lowest BCUT2D eigenvalue weighted by atomic mass is 10.1.